The van der Waals surface area contributed by atoms with Crippen LogP contribution in [0.25, 0.3) is 11.4 Å². The molecule has 18 heavy (non-hydrogen) atoms. The lowest BCUT2D eigenvalue weighted by atomic mass is 10.1. The predicted molar refractivity (Wildman–Crippen MR) is 68.4 cm³/mol. The van der Waals surface area contributed by atoms with Crippen molar-refractivity contribution in [3.63, 3.8) is 0 Å². The van der Waals surface area contributed by atoms with Crippen molar-refractivity contribution in [3.8, 4) is 22.9 Å². The number of nitrogens with zero attached hydrogens (tertiary/aromatic N) is 2. The van der Waals surface area contributed by atoms with Gasteiger partial charge in [0, 0.05) is 4.47 Å². The third kappa shape index (κ3) is 2.32. The van der Waals surface area contributed by atoms with E-state index < -0.39 is 0 Å². The van der Waals surface area contributed by atoms with Crippen molar-refractivity contribution in [2.24, 2.45) is 5.73 Å². The van der Waals surface area contributed by atoms with Gasteiger partial charge in [0.1, 0.15) is 0 Å². The predicted octanol–water partition coefficient (Wildman–Crippen LogP) is 1.97. The van der Waals surface area contributed by atoms with Crippen LogP contribution in [0.1, 0.15) is 5.89 Å². The Balaban J connectivity index is 2.58. The highest BCUT2D eigenvalue weighted by atomic mass is 79.9. The first-order chi connectivity index (χ1) is 8.69. The zero-order valence-corrected chi connectivity index (χ0v) is 11.5. The summed E-state index contributed by atoms with van der Waals surface area (Å²) in [4.78, 5) is 4.16. The summed E-state index contributed by atoms with van der Waals surface area (Å²) in [6, 6.07) is 3.62. The molecule has 0 atom stereocenters. The monoisotopic (exact) mass is 313 g/mol. The highest BCUT2D eigenvalue weighted by Crippen LogP contribution is 2.39. The number of nitrogens with two attached hydrogens (primary N) is 1. The molecule has 0 unspecified atom stereocenters. The van der Waals surface area contributed by atoms with Crippen LogP contribution < -0.4 is 15.2 Å². The van der Waals surface area contributed by atoms with Gasteiger partial charge >= 0.3 is 0 Å². The Morgan fingerprint density at radius 1 is 1.33 bits per heavy atom. The van der Waals surface area contributed by atoms with Crippen molar-refractivity contribution in [1.82, 2.24) is 10.1 Å². The Kier molecular flexibility index (Phi) is 3.83. The van der Waals surface area contributed by atoms with E-state index in [1.54, 1.807) is 20.3 Å². The Bertz CT molecular complexity index is 556. The third-order valence-corrected chi connectivity index (χ3v) is 2.79. The van der Waals surface area contributed by atoms with Gasteiger partial charge in [0.2, 0.25) is 11.7 Å². The van der Waals surface area contributed by atoms with Gasteiger partial charge in [-0.15, -0.1) is 0 Å². The fourth-order valence-corrected chi connectivity index (χ4v) is 1.98. The molecule has 0 saturated heterocycles. The molecule has 0 bridgehead atoms. The first kappa shape index (κ1) is 12.8. The van der Waals surface area contributed by atoms with Crippen molar-refractivity contribution in [3.05, 3.63) is 22.5 Å². The number of halogens is 1. The van der Waals surface area contributed by atoms with Crippen LogP contribution in [0.15, 0.2) is 21.1 Å². The number of rotatable bonds is 4. The minimum Gasteiger partial charge on any atom is -0.493 e. The van der Waals surface area contributed by atoms with E-state index in [9.17, 15) is 0 Å². The van der Waals surface area contributed by atoms with Gasteiger partial charge in [-0.1, -0.05) is 21.1 Å². The molecule has 96 valence electrons. The Morgan fingerprint density at radius 2 is 2.11 bits per heavy atom. The van der Waals surface area contributed by atoms with Crippen LogP contribution in [0.3, 0.4) is 0 Å². The zero-order valence-electron chi connectivity index (χ0n) is 9.94. The molecular formula is C11H12BrN3O3. The standard InChI is InChI=1S/C11H12BrN3O3/c1-16-8-4-6(12)3-7(10(8)17-2)11-14-9(5-13)18-15-11/h3-4H,5,13H2,1-2H3. The largest absolute Gasteiger partial charge is 0.493 e. The topological polar surface area (TPSA) is 83.4 Å². The summed E-state index contributed by atoms with van der Waals surface area (Å²) in [5, 5.41) is 3.86. The van der Waals surface area contributed by atoms with E-state index in [0.29, 0.717) is 28.8 Å². The molecule has 6 nitrogen and oxygen atoms in total. The van der Waals surface area contributed by atoms with Gasteiger partial charge in [-0.2, -0.15) is 4.98 Å². The summed E-state index contributed by atoms with van der Waals surface area (Å²) in [7, 11) is 3.12. The van der Waals surface area contributed by atoms with Crippen LogP contribution >= 0.6 is 15.9 Å². The molecule has 1 aromatic carbocycles. The zero-order chi connectivity index (χ0) is 13.1. The smallest absolute Gasteiger partial charge is 0.240 e. The lowest BCUT2D eigenvalue weighted by Gasteiger charge is -2.11. The van der Waals surface area contributed by atoms with Gasteiger partial charge in [-0.3, -0.25) is 0 Å². The van der Waals surface area contributed by atoms with Gasteiger partial charge < -0.3 is 19.7 Å². The third-order valence-electron chi connectivity index (χ3n) is 2.33. The molecule has 1 aromatic heterocycles. The van der Waals surface area contributed by atoms with E-state index in [1.165, 1.54) is 0 Å². The quantitative estimate of drug-likeness (QED) is 0.929. The summed E-state index contributed by atoms with van der Waals surface area (Å²) < 4.78 is 16.4. The molecule has 0 spiro atoms. The van der Waals surface area contributed by atoms with Gasteiger partial charge in [0.25, 0.3) is 0 Å². The summed E-state index contributed by atoms with van der Waals surface area (Å²) in [6.45, 7) is 0.195. The summed E-state index contributed by atoms with van der Waals surface area (Å²) in [5.74, 6) is 1.91. The average Bonchev–Trinajstić information content (AvgIpc) is 2.86. The van der Waals surface area contributed by atoms with Crippen LogP contribution in [-0.4, -0.2) is 24.4 Å². The lowest BCUT2D eigenvalue weighted by Crippen LogP contribution is -1.97. The average molecular weight is 314 g/mol. The maximum Gasteiger partial charge on any atom is 0.240 e. The molecule has 0 aliphatic carbocycles. The van der Waals surface area contributed by atoms with Crippen LogP contribution in [0, 0.1) is 0 Å². The van der Waals surface area contributed by atoms with Crippen LogP contribution in [0.4, 0.5) is 0 Å². The fraction of sp³-hybridized carbons (Fsp3) is 0.273. The minimum atomic E-state index is 0.195. The van der Waals surface area contributed by atoms with E-state index in [1.807, 2.05) is 6.07 Å². The van der Waals surface area contributed by atoms with Crippen LogP contribution in [0.5, 0.6) is 11.5 Å². The number of benzene rings is 1. The number of ether oxygens (including phenoxy) is 2. The maximum atomic E-state index is 5.44. The number of hydrogen-bond donors (Lipinski definition) is 1. The van der Waals surface area contributed by atoms with E-state index in [2.05, 4.69) is 26.1 Å². The molecule has 0 aliphatic rings. The molecule has 0 radical (unpaired) electrons. The number of aromatic nitrogens is 2. The van der Waals surface area contributed by atoms with E-state index in [0.717, 1.165) is 4.47 Å². The van der Waals surface area contributed by atoms with Crippen molar-refractivity contribution in [1.29, 1.82) is 0 Å². The van der Waals surface area contributed by atoms with E-state index in [4.69, 9.17) is 19.7 Å². The fourth-order valence-electron chi connectivity index (χ4n) is 1.54. The normalized spacial score (nSPS) is 10.4. The van der Waals surface area contributed by atoms with Crippen molar-refractivity contribution < 1.29 is 14.0 Å². The van der Waals surface area contributed by atoms with E-state index in [-0.39, 0.29) is 6.54 Å². The second-order valence-electron chi connectivity index (χ2n) is 3.40. The highest BCUT2D eigenvalue weighted by molar-refractivity contribution is 9.10. The van der Waals surface area contributed by atoms with E-state index >= 15 is 0 Å². The first-order valence-electron chi connectivity index (χ1n) is 5.14. The number of hydrogen-bond acceptors (Lipinski definition) is 6. The molecule has 0 amide bonds. The Labute approximate surface area is 112 Å². The van der Waals surface area contributed by atoms with Crippen molar-refractivity contribution >= 4 is 15.9 Å². The molecular weight excluding hydrogens is 302 g/mol. The number of methoxy groups -OCH3 is 2. The molecule has 2 aromatic rings. The van der Waals surface area contributed by atoms with Gasteiger partial charge in [0.05, 0.1) is 26.3 Å². The summed E-state index contributed by atoms with van der Waals surface area (Å²) >= 11 is 3.39. The molecule has 0 saturated carbocycles. The van der Waals surface area contributed by atoms with Gasteiger partial charge in [-0.05, 0) is 12.1 Å². The molecule has 0 fully saturated rings. The van der Waals surface area contributed by atoms with Gasteiger partial charge in [0.15, 0.2) is 11.5 Å². The maximum absolute atomic E-state index is 5.44. The highest BCUT2D eigenvalue weighted by Gasteiger charge is 2.17. The van der Waals surface area contributed by atoms with Gasteiger partial charge in [-0.25, -0.2) is 0 Å². The molecule has 2 N–H and O–H groups in total. The summed E-state index contributed by atoms with van der Waals surface area (Å²) in [6.07, 6.45) is 0. The Hall–Kier alpha value is -1.60. The molecule has 7 heteroatoms. The first-order valence-corrected chi connectivity index (χ1v) is 5.93. The van der Waals surface area contributed by atoms with Crippen molar-refractivity contribution in [2.45, 2.75) is 6.54 Å². The SMILES string of the molecule is COc1cc(Br)cc(-c2noc(CN)n2)c1OC. The van der Waals surface area contributed by atoms with Crippen LogP contribution in [0.2, 0.25) is 0 Å². The second-order valence-corrected chi connectivity index (χ2v) is 4.32. The molecule has 2 rings (SSSR count). The second kappa shape index (κ2) is 5.36. The molecule has 0 aliphatic heterocycles. The Morgan fingerprint density at radius 3 is 2.67 bits per heavy atom. The van der Waals surface area contributed by atoms with Crippen molar-refractivity contribution in [2.75, 3.05) is 14.2 Å². The van der Waals surface area contributed by atoms with Crippen LogP contribution in [-0.2, 0) is 6.54 Å². The minimum absolute atomic E-state index is 0.195. The molecule has 1 heterocycles. The summed E-state index contributed by atoms with van der Waals surface area (Å²) in [5.41, 5.74) is 6.11. The lowest BCUT2D eigenvalue weighted by molar-refractivity contribution is 0.355.